The Labute approximate surface area is 231 Å². The summed E-state index contributed by atoms with van der Waals surface area (Å²) in [7, 11) is -1.01. The van der Waals surface area contributed by atoms with Crippen molar-refractivity contribution in [2.75, 3.05) is 17.2 Å². The van der Waals surface area contributed by atoms with E-state index in [1.165, 1.54) is 0 Å². The van der Waals surface area contributed by atoms with Gasteiger partial charge >= 0.3 is 6.03 Å². The van der Waals surface area contributed by atoms with Gasteiger partial charge < -0.3 is 10.1 Å². The minimum absolute atomic E-state index is 0.184. The molecule has 200 valence electrons. The quantitative estimate of drug-likeness (QED) is 0.259. The van der Waals surface area contributed by atoms with Gasteiger partial charge in [0.25, 0.3) is 0 Å². The number of amides is 2. The molecule has 3 aromatic carbocycles. The lowest BCUT2D eigenvalue weighted by Crippen LogP contribution is -2.21. The molecule has 7 nitrogen and oxygen atoms in total. The number of nitrogens with one attached hydrogen (secondary N) is 2. The predicted octanol–water partition coefficient (Wildman–Crippen LogP) is 7.20. The van der Waals surface area contributed by atoms with Gasteiger partial charge in [-0.3, -0.25) is 9.53 Å². The summed E-state index contributed by atoms with van der Waals surface area (Å²) in [5.41, 5.74) is 4.39. The maximum Gasteiger partial charge on any atom is 0.324 e. The minimum Gasteiger partial charge on any atom is -0.493 e. The van der Waals surface area contributed by atoms with Crippen molar-refractivity contribution in [3.63, 3.8) is 0 Å². The van der Waals surface area contributed by atoms with Gasteiger partial charge in [-0.2, -0.15) is 5.10 Å². The number of hydrogen-bond acceptors (Lipinski definition) is 4. The number of fused-ring (bicyclic) bond motifs is 1. The second-order valence-electron chi connectivity index (χ2n) is 10.6. The van der Waals surface area contributed by atoms with Gasteiger partial charge in [-0.05, 0) is 42.8 Å². The molecule has 1 atom stereocenters. The first-order valence-electron chi connectivity index (χ1n) is 12.9. The molecular formula is C31H32N4O3S. The first-order valence-corrected chi connectivity index (χ1v) is 14.1. The van der Waals surface area contributed by atoms with E-state index in [2.05, 4.69) is 31.4 Å². The molecule has 0 spiro atoms. The topological polar surface area (TPSA) is 85.2 Å². The van der Waals surface area contributed by atoms with Crippen LogP contribution in [0.2, 0.25) is 0 Å². The summed E-state index contributed by atoms with van der Waals surface area (Å²) in [5, 5.41) is 16.0. The highest BCUT2D eigenvalue weighted by Crippen LogP contribution is 2.32. The van der Waals surface area contributed by atoms with Gasteiger partial charge in [0.15, 0.2) is 0 Å². The van der Waals surface area contributed by atoms with Crippen molar-refractivity contribution >= 4 is 39.1 Å². The predicted molar refractivity (Wildman–Crippen MR) is 159 cm³/mol. The molecule has 0 aliphatic carbocycles. The number of benzene rings is 3. The highest BCUT2D eigenvalue weighted by Gasteiger charge is 2.22. The maximum atomic E-state index is 13.2. The third-order valence-corrected chi connectivity index (χ3v) is 7.40. The summed E-state index contributed by atoms with van der Waals surface area (Å²) in [6.45, 7) is 8.78. The fourth-order valence-electron chi connectivity index (χ4n) is 4.30. The van der Waals surface area contributed by atoms with Crippen LogP contribution in [0.4, 0.5) is 16.3 Å². The van der Waals surface area contributed by atoms with Crippen molar-refractivity contribution in [2.45, 2.75) is 39.5 Å². The van der Waals surface area contributed by atoms with Gasteiger partial charge in [-0.25, -0.2) is 9.48 Å². The number of aromatic nitrogens is 2. The molecule has 2 heterocycles. The Bertz CT molecular complexity index is 1610. The largest absolute Gasteiger partial charge is 0.493 e. The number of urea groups is 1. The highest BCUT2D eigenvalue weighted by atomic mass is 32.2. The van der Waals surface area contributed by atoms with Crippen molar-refractivity contribution in [3.8, 4) is 11.4 Å². The van der Waals surface area contributed by atoms with Crippen LogP contribution in [0.25, 0.3) is 16.5 Å². The third-order valence-electron chi connectivity index (χ3n) is 6.46. The van der Waals surface area contributed by atoms with E-state index in [9.17, 15) is 9.00 Å². The Morgan fingerprint density at radius 3 is 2.44 bits per heavy atom. The summed E-state index contributed by atoms with van der Waals surface area (Å²) in [5.74, 6) is 1.31. The average Bonchev–Trinajstić information content (AvgIpc) is 3.52. The lowest BCUT2D eigenvalue weighted by molar-refractivity contribution is 0.262. The molecule has 2 N–H and O–H groups in total. The van der Waals surface area contributed by atoms with E-state index in [1.54, 1.807) is 15.5 Å². The third kappa shape index (κ3) is 6.12. The lowest BCUT2D eigenvalue weighted by Gasteiger charge is -2.14. The lowest BCUT2D eigenvalue weighted by atomic mass is 9.92. The molecular weight excluding hydrogens is 508 g/mol. The van der Waals surface area contributed by atoms with Crippen molar-refractivity contribution in [3.05, 3.63) is 100 Å². The van der Waals surface area contributed by atoms with Crippen LogP contribution in [0.15, 0.2) is 89.2 Å². The van der Waals surface area contributed by atoms with Gasteiger partial charge in [-0.15, -0.1) is 0 Å². The average molecular weight is 541 g/mol. The molecule has 0 saturated carbocycles. The first kappa shape index (κ1) is 26.4. The van der Waals surface area contributed by atoms with Crippen LogP contribution in [-0.4, -0.2) is 26.6 Å². The molecule has 5 rings (SSSR count). The number of anilines is 2. The van der Waals surface area contributed by atoms with Gasteiger partial charge in [0.05, 0.1) is 34.5 Å². The Morgan fingerprint density at radius 1 is 1.00 bits per heavy atom. The number of hydrogen-bond donors (Lipinski definition) is 2. The van der Waals surface area contributed by atoms with Crippen LogP contribution in [0.5, 0.6) is 5.75 Å². The van der Waals surface area contributed by atoms with E-state index in [1.807, 2.05) is 79.7 Å². The van der Waals surface area contributed by atoms with Crippen LogP contribution >= 0.6 is 0 Å². The van der Waals surface area contributed by atoms with Crippen LogP contribution < -0.4 is 15.4 Å². The summed E-state index contributed by atoms with van der Waals surface area (Å²) < 4.78 is 19.3. The smallest absolute Gasteiger partial charge is 0.324 e. The van der Waals surface area contributed by atoms with E-state index in [-0.39, 0.29) is 11.4 Å². The number of rotatable bonds is 7. The van der Waals surface area contributed by atoms with E-state index in [0.717, 1.165) is 39.0 Å². The molecule has 0 bridgehead atoms. The number of carbonyl (C=O) groups excluding carboxylic acids is 1. The van der Waals surface area contributed by atoms with Crippen molar-refractivity contribution in [1.82, 2.24) is 9.78 Å². The van der Waals surface area contributed by atoms with E-state index in [4.69, 9.17) is 9.84 Å². The number of allylic oxidation sites excluding steroid dienone is 1. The molecule has 1 aliphatic heterocycles. The van der Waals surface area contributed by atoms with Gasteiger partial charge in [-0.1, -0.05) is 62.7 Å². The standard InChI is InChI=1S/C31H32N4O3S/c1-21-9-11-23(12-10-21)35-29(19-28(34-35)31(2,3)4)33-30(36)32-26-13-14-27(25-8-6-5-7-24(25)26)38-17-15-22-16-18-39(37)20-22/h5-14,16,18-20H,15,17H2,1-4H3,(H2,32,33,36). The normalized spacial score (nSPS) is 14.9. The second kappa shape index (κ2) is 10.9. The number of carbonyl (C=O) groups is 1. The molecule has 1 aromatic heterocycles. The highest BCUT2D eigenvalue weighted by molar-refractivity contribution is 7.91. The SMILES string of the molecule is Cc1ccc(-n2nc(C(C)(C)C)cc2NC(=O)Nc2ccc(OCCC3=CS(=O)C=C3)c3ccccc23)cc1. The molecule has 1 unspecified atom stereocenters. The van der Waals surface area contributed by atoms with Crippen molar-refractivity contribution < 1.29 is 13.7 Å². The van der Waals surface area contributed by atoms with Gasteiger partial charge in [0.1, 0.15) is 11.6 Å². The molecule has 0 fully saturated rings. The molecule has 8 heteroatoms. The van der Waals surface area contributed by atoms with E-state index in [0.29, 0.717) is 24.5 Å². The minimum atomic E-state index is -1.01. The summed E-state index contributed by atoms with van der Waals surface area (Å²) >= 11 is 0. The van der Waals surface area contributed by atoms with Gasteiger partial charge in [0, 0.05) is 39.5 Å². The Morgan fingerprint density at radius 2 is 1.74 bits per heavy atom. The summed E-state index contributed by atoms with van der Waals surface area (Å²) in [6.07, 6.45) is 2.54. The zero-order chi connectivity index (χ0) is 27.6. The van der Waals surface area contributed by atoms with Crippen LogP contribution in [0.3, 0.4) is 0 Å². The molecule has 2 amide bonds. The number of nitrogens with zero attached hydrogens (tertiary/aromatic N) is 2. The van der Waals surface area contributed by atoms with Crippen LogP contribution in [0, 0.1) is 6.92 Å². The maximum absolute atomic E-state index is 13.2. The first-order chi connectivity index (χ1) is 18.7. The molecule has 4 aromatic rings. The van der Waals surface area contributed by atoms with Crippen LogP contribution in [-0.2, 0) is 16.2 Å². The second-order valence-corrected chi connectivity index (χ2v) is 11.7. The monoisotopic (exact) mass is 540 g/mol. The van der Waals surface area contributed by atoms with E-state index < -0.39 is 10.8 Å². The Balaban J connectivity index is 1.35. The zero-order valence-electron chi connectivity index (χ0n) is 22.5. The Kier molecular flexibility index (Phi) is 7.39. The summed E-state index contributed by atoms with van der Waals surface area (Å²) in [4.78, 5) is 13.2. The summed E-state index contributed by atoms with van der Waals surface area (Å²) in [6, 6.07) is 21.1. The molecule has 1 aliphatic rings. The van der Waals surface area contributed by atoms with Crippen molar-refractivity contribution in [2.24, 2.45) is 0 Å². The Hall–Kier alpha value is -4.17. The molecule has 39 heavy (non-hydrogen) atoms. The van der Waals surface area contributed by atoms with Crippen LogP contribution in [0.1, 0.15) is 38.4 Å². The fraction of sp³-hybridized carbons (Fsp3) is 0.226. The molecule has 0 saturated heterocycles. The fourth-order valence-corrected chi connectivity index (χ4v) is 5.18. The van der Waals surface area contributed by atoms with E-state index >= 15 is 0 Å². The number of aryl methyl sites for hydroxylation is 1. The van der Waals surface area contributed by atoms with Crippen molar-refractivity contribution in [1.29, 1.82) is 0 Å². The zero-order valence-corrected chi connectivity index (χ0v) is 23.3. The number of ether oxygens (including phenoxy) is 1. The molecule has 0 radical (unpaired) electrons. The van der Waals surface area contributed by atoms with Gasteiger partial charge in [0.2, 0.25) is 0 Å².